The molecule has 7 nitrogen and oxygen atoms in total. The number of benzene rings is 3. The molecule has 0 aliphatic heterocycles. The molecule has 37 heavy (non-hydrogen) atoms. The highest BCUT2D eigenvalue weighted by Gasteiger charge is 2.32. The average Bonchev–Trinajstić information content (AvgIpc) is 2.85. The van der Waals surface area contributed by atoms with E-state index in [1.165, 1.54) is 35.2 Å². The molecule has 3 rings (SSSR count). The smallest absolute Gasteiger partial charge is 0.264 e. The predicted octanol–water partition coefficient (Wildman–Crippen LogP) is 5.05. The third kappa shape index (κ3) is 7.25. The number of aryl methyl sites for hydroxylation is 1. The van der Waals surface area contributed by atoms with E-state index in [4.69, 9.17) is 23.2 Å². The second kappa shape index (κ2) is 12.4. The maximum absolute atomic E-state index is 13.8. The summed E-state index contributed by atoms with van der Waals surface area (Å²) < 4.78 is 28.5. The predicted molar refractivity (Wildman–Crippen MR) is 147 cm³/mol. The molecule has 3 aromatic carbocycles. The number of sulfonamides is 1. The van der Waals surface area contributed by atoms with Crippen molar-refractivity contribution >= 4 is 50.7 Å². The highest BCUT2D eigenvalue weighted by molar-refractivity contribution is 7.92. The van der Waals surface area contributed by atoms with E-state index in [0.717, 1.165) is 15.4 Å². The van der Waals surface area contributed by atoms with E-state index in [2.05, 4.69) is 5.32 Å². The molecule has 0 heterocycles. The Hall–Kier alpha value is -3.07. The van der Waals surface area contributed by atoms with Gasteiger partial charge in [0.05, 0.1) is 10.6 Å². The molecule has 0 aliphatic rings. The first-order chi connectivity index (χ1) is 17.5. The van der Waals surface area contributed by atoms with E-state index in [0.29, 0.717) is 6.54 Å². The fourth-order valence-electron chi connectivity index (χ4n) is 3.73. The summed E-state index contributed by atoms with van der Waals surface area (Å²) in [5, 5.41) is 3.16. The number of anilines is 1. The SMILES string of the molecule is CCNC(=O)C(C)N(Cc1ccccc1)C(=O)CN(c1cc(Cl)cc(Cl)c1)S(=O)(=O)c1ccc(C)cc1. The van der Waals surface area contributed by atoms with Crippen LogP contribution in [0.25, 0.3) is 0 Å². The summed E-state index contributed by atoms with van der Waals surface area (Å²) in [5.74, 6) is -0.903. The summed E-state index contributed by atoms with van der Waals surface area (Å²) in [7, 11) is -4.19. The van der Waals surface area contributed by atoms with Gasteiger partial charge in [-0.15, -0.1) is 0 Å². The normalized spacial score (nSPS) is 12.0. The lowest BCUT2D eigenvalue weighted by atomic mass is 10.1. The van der Waals surface area contributed by atoms with E-state index in [9.17, 15) is 18.0 Å². The lowest BCUT2D eigenvalue weighted by Gasteiger charge is -2.32. The van der Waals surface area contributed by atoms with Gasteiger partial charge >= 0.3 is 0 Å². The van der Waals surface area contributed by atoms with Gasteiger partial charge < -0.3 is 10.2 Å². The summed E-state index contributed by atoms with van der Waals surface area (Å²) in [6.07, 6.45) is 0. The third-order valence-corrected chi connectivity index (χ3v) is 7.96. The average molecular weight is 563 g/mol. The Morgan fingerprint density at radius 2 is 1.54 bits per heavy atom. The number of carbonyl (C=O) groups is 2. The Morgan fingerprint density at radius 1 is 0.946 bits per heavy atom. The second-order valence-corrected chi connectivity index (χ2v) is 11.3. The molecule has 1 N–H and O–H groups in total. The highest BCUT2D eigenvalue weighted by Crippen LogP contribution is 2.30. The van der Waals surface area contributed by atoms with Crippen LogP contribution in [-0.2, 0) is 26.2 Å². The maximum Gasteiger partial charge on any atom is 0.264 e. The van der Waals surface area contributed by atoms with E-state index < -0.39 is 28.5 Å². The lowest BCUT2D eigenvalue weighted by Crippen LogP contribution is -2.51. The van der Waals surface area contributed by atoms with Gasteiger partial charge in [0.25, 0.3) is 10.0 Å². The molecule has 3 aromatic rings. The van der Waals surface area contributed by atoms with Gasteiger partial charge in [0.15, 0.2) is 0 Å². The van der Waals surface area contributed by atoms with Crippen molar-refractivity contribution in [3.8, 4) is 0 Å². The molecular weight excluding hydrogens is 533 g/mol. The van der Waals surface area contributed by atoms with Crippen molar-refractivity contribution in [1.29, 1.82) is 0 Å². The summed E-state index contributed by atoms with van der Waals surface area (Å²) >= 11 is 12.4. The molecule has 2 amide bonds. The van der Waals surface area contributed by atoms with Gasteiger partial charge in [-0.1, -0.05) is 71.2 Å². The van der Waals surface area contributed by atoms with Gasteiger partial charge in [-0.2, -0.15) is 0 Å². The first kappa shape index (κ1) is 28.5. The molecule has 0 fully saturated rings. The van der Waals surface area contributed by atoms with Crippen LogP contribution in [0.1, 0.15) is 25.0 Å². The van der Waals surface area contributed by atoms with Gasteiger partial charge in [-0.3, -0.25) is 13.9 Å². The first-order valence-corrected chi connectivity index (χ1v) is 13.9. The Balaban J connectivity index is 2.05. The van der Waals surface area contributed by atoms with Gasteiger partial charge in [-0.25, -0.2) is 8.42 Å². The molecule has 0 radical (unpaired) electrons. The van der Waals surface area contributed by atoms with Crippen LogP contribution in [-0.4, -0.2) is 44.3 Å². The molecule has 0 spiro atoms. The summed E-state index contributed by atoms with van der Waals surface area (Å²) in [6.45, 7) is 5.19. The topological polar surface area (TPSA) is 86.8 Å². The van der Waals surface area contributed by atoms with Crippen LogP contribution in [0, 0.1) is 6.92 Å². The van der Waals surface area contributed by atoms with Crippen molar-refractivity contribution < 1.29 is 18.0 Å². The number of hydrogen-bond donors (Lipinski definition) is 1. The van der Waals surface area contributed by atoms with Gasteiger partial charge in [0, 0.05) is 23.1 Å². The number of nitrogens with one attached hydrogen (secondary N) is 1. The molecule has 1 unspecified atom stereocenters. The Bertz CT molecular complexity index is 1330. The monoisotopic (exact) mass is 561 g/mol. The van der Waals surface area contributed by atoms with E-state index in [-0.39, 0.29) is 33.1 Å². The van der Waals surface area contributed by atoms with E-state index in [1.807, 2.05) is 37.3 Å². The van der Waals surface area contributed by atoms with E-state index >= 15 is 0 Å². The minimum atomic E-state index is -4.19. The number of carbonyl (C=O) groups excluding carboxylic acids is 2. The summed E-state index contributed by atoms with van der Waals surface area (Å²) in [4.78, 5) is 27.8. The van der Waals surface area contributed by atoms with Crippen molar-refractivity contribution in [3.63, 3.8) is 0 Å². The van der Waals surface area contributed by atoms with Crippen molar-refractivity contribution in [1.82, 2.24) is 10.2 Å². The zero-order chi connectivity index (χ0) is 27.2. The molecule has 0 aromatic heterocycles. The zero-order valence-corrected chi connectivity index (χ0v) is 23.1. The van der Waals surface area contributed by atoms with Crippen molar-refractivity contribution in [2.24, 2.45) is 0 Å². The fraction of sp³-hybridized carbons (Fsp3) is 0.259. The Labute approximate surface area is 228 Å². The first-order valence-electron chi connectivity index (χ1n) is 11.7. The van der Waals surface area contributed by atoms with Crippen LogP contribution in [0.5, 0.6) is 0 Å². The standard InChI is InChI=1S/C27H29Cl2N3O4S/c1-4-30-27(34)20(3)31(17-21-8-6-5-7-9-21)26(33)18-32(24-15-22(28)14-23(29)16-24)37(35,36)25-12-10-19(2)11-13-25/h5-16,20H,4,17-18H2,1-3H3,(H,30,34). The number of hydrogen-bond acceptors (Lipinski definition) is 4. The van der Waals surface area contributed by atoms with Crippen molar-refractivity contribution in [2.75, 3.05) is 17.4 Å². The highest BCUT2D eigenvalue weighted by atomic mass is 35.5. The lowest BCUT2D eigenvalue weighted by molar-refractivity contribution is -0.139. The number of amides is 2. The van der Waals surface area contributed by atoms with Crippen LogP contribution < -0.4 is 9.62 Å². The van der Waals surface area contributed by atoms with Crippen LogP contribution in [0.2, 0.25) is 10.0 Å². The maximum atomic E-state index is 13.8. The number of halogens is 2. The quantitative estimate of drug-likeness (QED) is 0.375. The number of likely N-dealkylation sites (N-methyl/N-ethyl adjacent to an activating group) is 1. The molecule has 0 aliphatic carbocycles. The van der Waals surface area contributed by atoms with Crippen LogP contribution in [0.4, 0.5) is 5.69 Å². The Morgan fingerprint density at radius 3 is 2.11 bits per heavy atom. The second-order valence-electron chi connectivity index (χ2n) is 8.53. The summed E-state index contributed by atoms with van der Waals surface area (Å²) in [5.41, 5.74) is 1.82. The molecule has 1 atom stereocenters. The van der Waals surface area contributed by atoms with E-state index in [1.54, 1.807) is 26.0 Å². The van der Waals surface area contributed by atoms with Gasteiger partial charge in [0.1, 0.15) is 12.6 Å². The molecule has 196 valence electrons. The zero-order valence-electron chi connectivity index (χ0n) is 20.8. The van der Waals surface area contributed by atoms with Crippen molar-refractivity contribution in [2.45, 2.75) is 38.3 Å². The number of nitrogens with zero attached hydrogens (tertiary/aromatic N) is 2. The Kier molecular flexibility index (Phi) is 9.59. The largest absolute Gasteiger partial charge is 0.355 e. The minimum absolute atomic E-state index is 0.00776. The van der Waals surface area contributed by atoms with Gasteiger partial charge in [0.2, 0.25) is 11.8 Å². The van der Waals surface area contributed by atoms with Crippen LogP contribution >= 0.6 is 23.2 Å². The van der Waals surface area contributed by atoms with Crippen LogP contribution in [0.3, 0.4) is 0 Å². The molecule has 0 saturated heterocycles. The fourth-order valence-corrected chi connectivity index (χ4v) is 5.65. The summed E-state index contributed by atoms with van der Waals surface area (Å²) in [6, 6.07) is 19.0. The van der Waals surface area contributed by atoms with Crippen LogP contribution in [0.15, 0.2) is 77.7 Å². The molecule has 0 bridgehead atoms. The number of rotatable bonds is 10. The minimum Gasteiger partial charge on any atom is -0.355 e. The molecule has 10 heteroatoms. The molecule has 0 saturated carbocycles. The van der Waals surface area contributed by atoms with Crippen molar-refractivity contribution in [3.05, 3.63) is 94.0 Å². The van der Waals surface area contributed by atoms with Gasteiger partial charge in [-0.05, 0) is 56.7 Å². The third-order valence-electron chi connectivity index (χ3n) is 5.74. The molecular formula is C27H29Cl2N3O4S.